The summed E-state index contributed by atoms with van der Waals surface area (Å²) in [6.45, 7) is 5.00. The van der Waals surface area contributed by atoms with Gasteiger partial charge in [-0.15, -0.1) is 0 Å². The monoisotopic (exact) mass is 251 g/mol. The standard InChI is InChI=1S/C14H21NO3/c1-4-15-12(10-14(16)18-5-2)11-8-6-7-9-13(11)17-3/h6-9,12,15H,4-5,10H2,1-3H3. The zero-order chi connectivity index (χ0) is 13.4. The van der Waals surface area contributed by atoms with Gasteiger partial charge in [-0.25, -0.2) is 0 Å². The molecule has 0 radical (unpaired) electrons. The molecule has 0 bridgehead atoms. The number of benzene rings is 1. The summed E-state index contributed by atoms with van der Waals surface area (Å²) in [6.07, 6.45) is 0.308. The van der Waals surface area contributed by atoms with Gasteiger partial charge in [-0.2, -0.15) is 0 Å². The zero-order valence-electron chi connectivity index (χ0n) is 11.2. The number of nitrogens with one attached hydrogen (secondary N) is 1. The summed E-state index contributed by atoms with van der Waals surface area (Å²) in [5, 5.41) is 3.28. The first-order chi connectivity index (χ1) is 8.72. The predicted octanol–water partition coefficient (Wildman–Crippen LogP) is 2.30. The van der Waals surface area contributed by atoms with Crippen LogP contribution in [-0.2, 0) is 9.53 Å². The molecule has 1 atom stereocenters. The van der Waals surface area contributed by atoms with Gasteiger partial charge in [-0.1, -0.05) is 25.1 Å². The Labute approximate surface area is 108 Å². The van der Waals surface area contributed by atoms with Crippen LogP contribution >= 0.6 is 0 Å². The summed E-state index contributed by atoms with van der Waals surface area (Å²) >= 11 is 0. The topological polar surface area (TPSA) is 47.6 Å². The molecule has 1 unspecified atom stereocenters. The number of para-hydroxylation sites is 1. The molecule has 0 aromatic heterocycles. The third-order valence-electron chi connectivity index (χ3n) is 2.64. The van der Waals surface area contributed by atoms with Crippen molar-refractivity contribution in [3.63, 3.8) is 0 Å². The van der Waals surface area contributed by atoms with Gasteiger partial charge in [0.25, 0.3) is 0 Å². The Morgan fingerprint density at radius 3 is 2.67 bits per heavy atom. The van der Waals surface area contributed by atoms with Crippen LogP contribution in [0.15, 0.2) is 24.3 Å². The summed E-state index contributed by atoms with van der Waals surface area (Å²) in [5.74, 6) is 0.585. The Morgan fingerprint density at radius 1 is 1.33 bits per heavy atom. The number of hydrogen-bond acceptors (Lipinski definition) is 4. The number of carbonyl (C=O) groups excluding carboxylic acids is 1. The number of rotatable bonds is 7. The number of esters is 1. The lowest BCUT2D eigenvalue weighted by atomic mass is 10.0. The Hall–Kier alpha value is -1.55. The highest BCUT2D eigenvalue weighted by atomic mass is 16.5. The van der Waals surface area contributed by atoms with Crippen molar-refractivity contribution in [3.8, 4) is 5.75 Å². The minimum Gasteiger partial charge on any atom is -0.496 e. The molecule has 0 aliphatic heterocycles. The van der Waals surface area contributed by atoms with Gasteiger partial charge in [0.15, 0.2) is 0 Å². The van der Waals surface area contributed by atoms with Crippen molar-refractivity contribution in [2.24, 2.45) is 0 Å². The van der Waals surface area contributed by atoms with E-state index in [2.05, 4.69) is 5.32 Å². The fourth-order valence-corrected chi connectivity index (χ4v) is 1.88. The third kappa shape index (κ3) is 4.04. The molecule has 1 N–H and O–H groups in total. The fraction of sp³-hybridized carbons (Fsp3) is 0.500. The van der Waals surface area contributed by atoms with Crippen molar-refractivity contribution in [1.29, 1.82) is 0 Å². The van der Waals surface area contributed by atoms with E-state index in [-0.39, 0.29) is 12.0 Å². The predicted molar refractivity (Wildman–Crippen MR) is 70.7 cm³/mol. The molecule has 1 aromatic rings. The molecule has 0 fully saturated rings. The molecule has 0 saturated carbocycles. The van der Waals surface area contributed by atoms with E-state index in [0.29, 0.717) is 13.0 Å². The van der Waals surface area contributed by atoms with E-state index in [1.54, 1.807) is 7.11 Å². The SMILES string of the molecule is CCNC(CC(=O)OCC)c1ccccc1OC. The fourth-order valence-electron chi connectivity index (χ4n) is 1.88. The van der Waals surface area contributed by atoms with E-state index >= 15 is 0 Å². The molecular formula is C14H21NO3. The van der Waals surface area contributed by atoms with Crippen LogP contribution < -0.4 is 10.1 Å². The highest BCUT2D eigenvalue weighted by molar-refractivity contribution is 5.70. The van der Waals surface area contributed by atoms with E-state index in [1.165, 1.54) is 0 Å². The van der Waals surface area contributed by atoms with Crippen molar-refractivity contribution in [2.45, 2.75) is 26.3 Å². The van der Waals surface area contributed by atoms with E-state index < -0.39 is 0 Å². The van der Waals surface area contributed by atoms with E-state index in [0.717, 1.165) is 17.9 Å². The average Bonchev–Trinajstić information content (AvgIpc) is 2.38. The van der Waals surface area contributed by atoms with Gasteiger partial charge in [0.2, 0.25) is 0 Å². The number of carbonyl (C=O) groups is 1. The first kappa shape index (κ1) is 14.5. The van der Waals surface area contributed by atoms with Crippen molar-refractivity contribution in [3.05, 3.63) is 29.8 Å². The Balaban J connectivity index is 2.86. The Bertz CT molecular complexity index is 379. The Kier molecular flexibility index (Phi) is 6.22. The second kappa shape index (κ2) is 7.71. The first-order valence-corrected chi connectivity index (χ1v) is 6.24. The minimum atomic E-state index is -0.200. The molecular weight excluding hydrogens is 230 g/mol. The normalized spacial score (nSPS) is 11.9. The van der Waals surface area contributed by atoms with Crippen molar-refractivity contribution in [2.75, 3.05) is 20.3 Å². The maximum Gasteiger partial charge on any atom is 0.307 e. The highest BCUT2D eigenvalue weighted by Gasteiger charge is 2.18. The molecule has 4 heteroatoms. The van der Waals surface area contributed by atoms with Gasteiger partial charge in [-0.05, 0) is 19.5 Å². The van der Waals surface area contributed by atoms with Gasteiger partial charge in [0, 0.05) is 11.6 Å². The molecule has 0 amide bonds. The van der Waals surface area contributed by atoms with Crippen LogP contribution in [0.3, 0.4) is 0 Å². The van der Waals surface area contributed by atoms with E-state index in [9.17, 15) is 4.79 Å². The van der Waals surface area contributed by atoms with E-state index in [4.69, 9.17) is 9.47 Å². The molecule has 4 nitrogen and oxygen atoms in total. The Morgan fingerprint density at radius 2 is 2.06 bits per heavy atom. The third-order valence-corrected chi connectivity index (χ3v) is 2.64. The molecule has 0 aliphatic carbocycles. The van der Waals surface area contributed by atoms with Crippen molar-refractivity contribution >= 4 is 5.97 Å². The van der Waals surface area contributed by atoms with Crippen LogP contribution in [-0.4, -0.2) is 26.2 Å². The van der Waals surface area contributed by atoms with Crippen LogP contribution in [0.2, 0.25) is 0 Å². The number of hydrogen-bond donors (Lipinski definition) is 1. The minimum absolute atomic E-state index is 0.0785. The maximum absolute atomic E-state index is 11.6. The molecule has 0 spiro atoms. The lowest BCUT2D eigenvalue weighted by Gasteiger charge is -2.19. The second-order valence-corrected chi connectivity index (χ2v) is 3.86. The summed E-state index contributed by atoms with van der Waals surface area (Å²) in [7, 11) is 1.63. The van der Waals surface area contributed by atoms with Gasteiger partial charge >= 0.3 is 5.97 Å². The molecule has 1 aromatic carbocycles. The van der Waals surface area contributed by atoms with Gasteiger partial charge in [-0.3, -0.25) is 4.79 Å². The van der Waals surface area contributed by atoms with Gasteiger partial charge < -0.3 is 14.8 Å². The first-order valence-electron chi connectivity index (χ1n) is 6.24. The summed E-state index contributed by atoms with van der Waals surface area (Å²) in [6, 6.07) is 7.63. The summed E-state index contributed by atoms with van der Waals surface area (Å²) < 4.78 is 10.3. The van der Waals surface area contributed by atoms with Crippen molar-refractivity contribution < 1.29 is 14.3 Å². The van der Waals surface area contributed by atoms with Crippen LogP contribution in [0.25, 0.3) is 0 Å². The number of methoxy groups -OCH3 is 1. The molecule has 18 heavy (non-hydrogen) atoms. The van der Waals surface area contributed by atoms with Gasteiger partial charge in [0.05, 0.1) is 20.1 Å². The summed E-state index contributed by atoms with van der Waals surface area (Å²) in [5.41, 5.74) is 0.981. The van der Waals surface area contributed by atoms with Crippen LogP contribution in [0.4, 0.5) is 0 Å². The quantitative estimate of drug-likeness (QED) is 0.755. The number of ether oxygens (including phenoxy) is 2. The van der Waals surface area contributed by atoms with Crippen LogP contribution in [0.1, 0.15) is 31.9 Å². The lowest BCUT2D eigenvalue weighted by Crippen LogP contribution is -2.25. The summed E-state index contributed by atoms with van der Waals surface area (Å²) in [4.78, 5) is 11.6. The van der Waals surface area contributed by atoms with Crippen LogP contribution in [0.5, 0.6) is 5.75 Å². The van der Waals surface area contributed by atoms with Crippen LogP contribution in [0, 0.1) is 0 Å². The smallest absolute Gasteiger partial charge is 0.307 e. The highest BCUT2D eigenvalue weighted by Crippen LogP contribution is 2.27. The molecule has 0 heterocycles. The molecule has 1 rings (SSSR count). The maximum atomic E-state index is 11.6. The molecule has 0 aliphatic rings. The average molecular weight is 251 g/mol. The van der Waals surface area contributed by atoms with Crippen molar-refractivity contribution in [1.82, 2.24) is 5.32 Å². The second-order valence-electron chi connectivity index (χ2n) is 3.86. The largest absolute Gasteiger partial charge is 0.496 e. The molecule has 100 valence electrons. The van der Waals surface area contributed by atoms with Gasteiger partial charge in [0.1, 0.15) is 5.75 Å². The zero-order valence-corrected chi connectivity index (χ0v) is 11.2. The lowest BCUT2D eigenvalue weighted by molar-refractivity contribution is -0.143. The van der Waals surface area contributed by atoms with E-state index in [1.807, 2.05) is 38.1 Å². The molecule has 0 saturated heterocycles.